The van der Waals surface area contributed by atoms with Gasteiger partial charge >= 0.3 is 0 Å². The van der Waals surface area contributed by atoms with Crippen molar-refractivity contribution >= 4 is 10.9 Å². The van der Waals surface area contributed by atoms with E-state index in [0.717, 1.165) is 0 Å². The van der Waals surface area contributed by atoms with Crippen LogP contribution in [0.25, 0.3) is 10.9 Å². The van der Waals surface area contributed by atoms with E-state index in [4.69, 9.17) is 4.74 Å². The number of rotatable bonds is 3. The molecule has 3 heterocycles. The molecular weight excluding hydrogens is 296 g/mol. The summed E-state index contributed by atoms with van der Waals surface area (Å²) in [4.78, 5) is 2.73. The second-order valence-corrected chi connectivity index (χ2v) is 7.77. The molecule has 4 rings (SSSR count). The molecule has 2 bridgehead atoms. The Bertz CT molecular complexity index is 720. The highest BCUT2D eigenvalue weighted by molar-refractivity contribution is 5.85. The lowest BCUT2D eigenvalue weighted by molar-refractivity contribution is 0.0782. The lowest BCUT2D eigenvalue weighted by Crippen LogP contribution is -2.43. The van der Waals surface area contributed by atoms with E-state index in [1.165, 1.54) is 74.8 Å². The van der Waals surface area contributed by atoms with Crippen LogP contribution >= 0.6 is 0 Å². The molecule has 1 aromatic carbocycles. The molecule has 24 heavy (non-hydrogen) atoms. The molecule has 2 atom stereocenters. The topological polar surface area (TPSA) is 17.4 Å². The Morgan fingerprint density at radius 2 is 2.00 bits per heavy atom. The number of benzene rings is 1. The van der Waals surface area contributed by atoms with E-state index in [2.05, 4.69) is 40.7 Å². The van der Waals surface area contributed by atoms with Gasteiger partial charge in [-0.05, 0) is 62.1 Å². The maximum absolute atomic E-state index is 5.55. The molecule has 1 aromatic heterocycles. The SMILES string of the molecule is CCC12CCCN(CCc3c(n(COC)c4ccccc34)CC1)C2. The smallest absolute Gasteiger partial charge is 0.122 e. The number of aromatic nitrogens is 1. The predicted molar refractivity (Wildman–Crippen MR) is 99.4 cm³/mol. The van der Waals surface area contributed by atoms with Gasteiger partial charge in [-0.3, -0.25) is 0 Å². The van der Waals surface area contributed by atoms with Crippen LogP contribution in [0.1, 0.15) is 43.9 Å². The summed E-state index contributed by atoms with van der Waals surface area (Å²) >= 11 is 0. The van der Waals surface area contributed by atoms with Crippen LogP contribution in [0.2, 0.25) is 0 Å². The fraction of sp³-hybridized carbons (Fsp3) is 0.619. The van der Waals surface area contributed by atoms with Crippen molar-refractivity contribution in [2.45, 2.75) is 52.2 Å². The molecule has 130 valence electrons. The summed E-state index contributed by atoms with van der Waals surface area (Å²) in [6.45, 7) is 6.85. The molecule has 0 aliphatic carbocycles. The summed E-state index contributed by atoms with van der Waals surface area (Å²) < 4.78 is 7.98. The van der Waals surface area contributed by atoms with Gasteiger partial charge in [0.05, 0.1) is 5.52 Å². The third-order valence-electron chi connectivity index (χ3n) is 6.51. The normalized spacial score (nSPS) is 27.3. The van der Waals surface area contributed by atoms with Gasteiger partial charge in [-0.15, -0.1) is 0 Å². The second-order valence-electron chi connectivity index (χ2n) is 7.77. The van der Waals surface area contributed by atoms with Crippen LogP contribution in [-0.4, -0.2) is 36.2 Å². The lowest BCUT2D eigenvalue weighted by Gasteiger charge is -2.42. The number of para-hydroxylation sites is 1. The van der Waals surface area contributed by atoms with Crippen LogP contribution < -0.4 is 0 Å². The zero-order valence-corrected chi connectivity index (χ0v) is 15.2. The molecule has 1 fully saturated rings. The Morgan fingerprint density at radius 3 is 2.83 bits per heavy atom. The third kappa shape index (κ3) is 2.68. The molecule has 2 aliphatic heterocycles. The average molecular weight is 326 g/mol. The van der Waals surface area contributed by atoms with Crippen molar-refractivity contribution in [2.24, 2.45) is 5.41 Å². The predicted octanol–water partition coefficient (Wildman–Crippen LogP) is 4.23. The third-order valence-corrected chi connectivity index (χ3v) is 6.51. The fourth-order valence-corrected chi connectivity index (χ4v) is 5.09. The second kappa shape index (κ2) is 6.53. The van der Waals surface area contributed by atoms with Gasteiger partial charge in [0.25, 0.3) is 0 Å². The van der Waals surface area contributed by atoms with Gasteiger partial charge in [0.1, 0.15) is 6.73 Å². The number of piperidine rings is 1. The van der Waals surface area contributed by atoms with Crippen LogP contribution in [0.5, 0.6) is 0 Å². The van der Waals surface area contributed by atoms with Crippen molar-refractivity contribution in [3.8, 4) is 0 Å². The molecule has 2 aliphatic rings. The van der Waals surface area contributed by atoms with E-state index in [0.29, 0.717) is 12.1 Å². The first-order valence-electron chi connectivity index (χ1n) is 9.56. The number of fused-ring (bicyclic) bond motifs is 5. The highest BCUT2D eigenvalue weighted by Gasteiger charge is 2.35. The molecule has 1 saturated heterocycles. The Morgan fingerprint density at radius 1 is 1.12 bits per heavy atom. The average Bonchev–Trinajstić information content (AvgIpc) is 2.93. The number of ether oxygens (including phenoxy) is 1. The van der Waals surface area contributed by atoms with E-state index < -0.39 is 0 Å². The minimum Gasteiger partial charge on any atom is -0.364 e. The minimum atomic E-state index is 0.522. The Hall–Kier alpha value is -1.32. The zero-order valence-electron chi connectivity index (χ0n) is 15.2. The van der Waals surface area contributed by atoms with Gasteiger partial charge in [0, 0.05) is 31.3 Å². The first-order valence-corrected chi connectivity index (χ1v) is 9.56. The maximum Gasteiger partial charge on any atom is 0.122 e. The van der Waals surface area contributed by atoms with Gasteiger partial charge in [-0.2, -0.15) is 0 Å². The van der Waals surface area contributed by atoms with Crippen molar-refractivity contribution in [3.63, 3.8) is 0 Å². The summed E-state index contributed by atoms with van der Waals surface area (Å²) in [7, 11) is 1.81. The largest absolute Gasteiger partial charge is 0.364 e. The van der Waals surface area contributed by atoms with E-state index in [-0.39, 0.29) is 0 Å². The summed E-state index contributed by atoms with van der Waals surface area (Å²) in [5.41, 5.74) is 4.96. The number of hydrogen-bond donors (Lipinski definition) is 0. The molecule has 3 nitrogen and oxygen atoms in total. The molecular formula is C21H30N2O. The molecule has 3 heteroatoms. The van der Waals surface area contributed by atoms with Crippen molar-refractivity contribution in [1.82, 2.24) is 9.47 Å². The van der Waals surface area contributed by atoms with Gasteiger partial charge in [-0.1, -0.05) is 25.1 Å². The Labute approximate surface area is 145 Å². The van der Waals surface area contributed by atoms with Crippen LogP contribution in [0.3, 0.4) is 0 Å². The molecule has 2 aromatic rings. The fourth-order valence-electron chi connectivity index (χ4n) is 5.09. The van der Waals surface area contributed by atoms with Crippen molar-refractivity contribution < 1.29 is 4.74 Å². The summed E-state index contributed by atoms with van der Waals surface area (Å²) in [5.74, 6) is 0. The molecule has 0 amide bonds. The number of methoxy groups -OCH3 is 1. The van der Waals surface area contributed by atoms with Gasteiger partial charge in [-0.25, -0.2) is 0 Å². The summed E-state index contributed by atoms with van der Waals surface area (Å²) in [6.07, 6.45) is 7.76. The van der Waals surface area contributed by atoms with E-state index in [9.17, 15) is 0 Å². The summed E-state index contributed by atoms with van der Waals surface area (Å²) in [5, 5.41) is 1.44. The zero-order chi connectivity index (χ0) is 16.6. The van der Waals surface area contributed by atoms with Crippen molar-refractivity contribution in [1.29, 1.82) is 0 Å². The van der Waals surface area contributed by atoms with E-state index in [1.54, 1.807) is 5.56 Å². The Kier molecular flexibility index (Phi) is 4.40. The van der Waals surface area contributed by atoms with E-state index >= 15 is 0 Å². The molecule has 0 saturated carbocycles. The molecule has 0 spiro atoms. The van der Waals surface area contributed by atoms with Crippen LogP contribution in [0, 0.1) is 5.41 Å². The van der Waals surface area contributed by atoms with Gasteiger partial charge in [0.2, 0.25) is 0 Å². The quantitative estimate of drug-likeness (QED) is 0.840. The lowest BCUT2D eigenvalue weighted by atomic mass is 9.74. The number of hydrogen-bond acceptors (Lipinski definition) is 2. The first kappa shape index (κ1) is 16.2. The molecule has 2 unspecified atom stereocenters. The van der Waals surface area contributed by atoms with Crippen LogP contribution in [0.4, 0.5) is 0 Å². The van der Waals surface area contributed by atoms with Crippen LogP contribution in [0.15, 0.2) is 24.3 Å². The highest BCUT2D eigenvalue weighted by Crippen LogP contribution is 2.40. The number of nitrogens with zero attached hydrogens (tertiary/aromatic N) is 2. The Balaban J connectivity index is 1.81. The maximum atomic E-state index is 5.55. The monoisotopic (exact) mass is 326 g/mol. The molecule has 0 radical (unpaired) electrons. The highest BCUT2D eigenvalue weighted by atomic mass is 16.5. The van der Waals surface area contributed by atoms with Crippen LogP contribution in [-0.2, 0) is 24.3 Å². The van der Waals surface area contributed by atoms with Crippen molar-refractivity contribution in [3.05, 3.63) is 35.5 Å². The van der Waals surface area contributed by atoms with Crippen molar-refractivity contribution in [2.75, 3.05) is 26.7 Å². The van der Waals surface area contributed by atoms with Gasteiger partial charge in [0.15, 0.2) is 0 Å². The molecule has 0 N–H and O–H groups in total. The van der Waals surface area contributed by atoms with E-state index in [1.807, 2.05) is 7.11 Å². The standard InChI is InChI=1S/C21H30N2O/c1-3-21-11-6-13-22(15-21)14-10-18-17-7-4-5-8-19(17)23(16-24-2)20(18)9-12-21/h4-5,7-8H,3,6,9-16H2,1-2H3. The minimum absolute atomic E-state index is 0.522. The first-order chi connectivity index (χ1) is 11.8. The summed E-state index contributed by atoms with van der Waals surface area (Å²) in [6, 6.07) is 8.89. The van der Waals surface area contributed by atoms with Gasteiger partial charge < -0.3 is 14.2 Å².